The lowest BCUT2D eigenvalue weighted by molar-refractivity contribution is 0.101. The zero-order chi connectivity index (χ0) is 18.4. The van der Waals surface area contributed by atoms with E-state index < -0.39 is 5.91 Å². The zero-order valence-corrected chi connectivity index (χ0v) is 13.8. The standard InChI is InChI=1S/C18H17N5O3/c24-14-3-1-6-20-13(14)11-19-10-12-5-8-21-16(9-12)23-18(26)17-15(25)4-2-7-22-17/h1-9,19,24-25H,10-11H2,(H,21,23,26). The van der Waals surface area contributed by atoms with Gasteiger partial charge in [0.1, 0.15) is 17.3 Å². The predicted octanol–water partition coefficient (Wildman–Crippen LogP) is 1.82. The van der Waals surface area contributed by atoms with Gasteiger partial charge in [-0.15, -0.1) is 0 Å². The number of carbonyl (C=O) groups is 1. The second-order valence-corrected chi connectivity index (χ2v) is 5.45. The molecule has 4 N–H and O–H groups in total. The molecule has 132 valence electrons. The van der Waals surface area contributed by atoms with Gasteiger partial charge in [-0.1, -0.05) is 0 Å². The van der Waals surface area contributed by atoms with Crippen LogP contribution in [0.3, 0.4) is 0 Å². The van der Waals surface area contributed by atoms with Gasteiger partial charge in [-0.3, -0.25) is 9.78 Å². The minimum absolute atomic E-state index is 0.0662. The molecule has 3 aromatic heterocycles. The lowest BCUT2D eigenvalue weighted by Crippen LogP contribution is -2.16. The molecule has 0 atom stereocenters. The van der Waals surface area contributed by atoms with E-state index in [0.717, 1.165) is 5.56 Å². The van der Waals surface area contributed by atoms with Gasteiger partial charge in [0.25, 0.3) is 5.91 Å². The van der Waals surface area contributed by atoms with Crippen LogP contribution >= 0.6 is 0 Å². The van der Waals surface area contributed by atoms with Crippen LogP contribution in [0.4, 0.5) is 5.82 Å². The van der Waals surface area contributed by atoms with Gasteiger partial charge in [0.05, 0.1) is 5.69 Å². The van der Waals surface area contributed by atoms with E-state index in [1.54, 1.807) is 36.7 Å². The Labute approximate surface area is 149 Å². The summed E-state index contributed by atoms with van der Waals surface area (Å²) in [6, 6.07) is 9.69. The Kier molecular flexibility index (Phi) is 5.35. The van der Waals surface area contributed by atoms with E-state index in [-0.39, 0.29) is 17.2 Å². The highest BCUT2D eigenvalue weighted by molar-refractivity contribution is 6.04. The van der Waals surface area contributed by atoms with Crippen molar-refractivity contribution in [3.63, 3.8) is 0 Å². The van der Waals surface area contributed by atoms with Crippen molar-refractivity contribution < 1.29 is 15.0 Å². The highest BCUT2D eigenvalue weighted by atomic mass is 16.3. The summed E-state index contributed by atoms with van der Waals surface area (Å²) in [6.45, 7) is 0.898. The molecule has 0 aromatic carbocycles. The van der Waals surface area contributed by atoms with E-state index in [9.17, 15) is 15.0 Å². The van der Waals surface area contributed by atoms with Gasteiger partial charge in [0.2, 0.25) is 0 Å². The fourth-order valence-electron chi connectivity index (χ4n) is 2.29. The summed E-state index contributed by atoms with van der Waals surface area (Å²) in [6.07, 6.45) is 4.61. The van der Waals surface area contributed by atoms with Crippen LogP contribution in [-0.4, -0.2) is 31.1 Å². The Bertz CT molecular complexity index is 917. The highest BCUT2D eigenvalue weighted by Gasteiger charge is 2.13. The third kappa shape index (κ3) is 4.31. The van der Waals surface area contributed by atoms with Crippen LogP contribution in [-0.2, 0) is 13.1 Å². The second kappa shape index (κ2) is 8.04. The van der Waals surface area contributed by atoms with Crippen molar-refractivity contribution in [2.75, 3.05) is 5.32 Å². The van der Waals surface area contributed by atoms with E-state index in [2.05, 4.69) is 25.6 Å². The lowest BCUT2D eigenvalue weighted by atomic mass is 10.2. The van der Waals surface area contributed by atoms with Gasteiger partial charge in [-0.05, 0) is 42.0 Å². The minimum Gasteiger partial charge on any atom is -0.506 e. The van der Waals surface area contributed by atoms with Crippen LogP contribution in [0.2, 0.25) is 0 Å². The van der Waals surface area contributed by atoms with Gasteiger partial charge in [0.15, 0.2) is 5.69 Å². The first-order chi connectivity index (χ1) is 12.6. The summed E-state index contributed by atoms with van der Waals surface area (Å²) in [4.78, 5) is 24.2. The molecule has 1 amide bonds. The van der Waals surface area contributed by atoms with Crippen molar-refractivity contribution in [1.82, 2.24) is 20.3 Å². The number of hydrogen-bond acceptors (Lipinski definition) is 7. The zero-order valence-electron chi connectivity index (χ0n) is 13.8. The number of amides is 1. The Hall–Kier alpha value is -3.52. The number of aromatic nitrogens is 3. The Morgan fingerprint density at radius 1 is 0.923 bits per heavy atom. The molecule has 0 saturated heterocycles. The number of carbonyl (C=O) groups excluding carboxylic acids is 1. The van der Waals surface area contributed by atoms with E-state index in [4.69, 9.17) is 0 Å². The number of anilines is 1. The smallest absolute Gasteiger partial charge is 0.279 e. The Balaban J connectivity index is 1.60. The first-order valence-electron chi connectivity index (χ1n) is 7.87. The normalized spacial score (nSPS) is 10.5. The molecule has 26 heavy (non-hydrogen) atoms. The van der Waals surface area contributed by atoms with E-state index in [0.29, 0.717) is 24.6 Å². The van der Waals surface area contributed by atoms with E-state index in [1.807, 2.05) is 0 Å². The molecule has 0 spiro atoms. The first-order valence-corrected chi connectivity index (χ1v) is 7.87. The molecule has 3 heterocycles. The summed E-state index contributed by atoms with van der Waals surface area (Å²) in [5.41, 5.74) is 1.38. The molecule has 0 aliphatic rings. The molecule has 0 fully saturated rings. The Morgan fingerprint density at radius 2 is 1.69 bits per heavy atom. The van der Waals surface area contributed by atoms with Crippen LogP contribution in [0.1, 0.15) is 21.7 Å². The number of pyridine rings is 3. The molecule has 0 unspecified atom stereocenters. The number of nitrogens with one attached hydrogen (secondary N) is 2. The third-order valence-electron chi connectivity index (χ3n) is 3.56. The maximum atomic E-state index is 12.2. The topological polar surface area (TPSA) is 120 Å². The first kappa shape index (κ1) is 17.3. The molecule has 8 heteroatoms. The van der Waals surface area contributed by atoms with Crippen LogP contribution in [0.15, 0.2) is 55.0 Å². The van der Waals surface area contributed by atoms with Gasteiger partial charge < -0.3 is 20.8 Å². The molecular formula is C18H17N5O3. The molecule has 0 aliphatic heterocycles. The van der Waals surface area contributed by atoms with Crippen molar-refractivity contribution in [1.29, 1.82) is 0 Å². The molecule has 3 rings (SSSR count). The average Bonchev–Trinajstić information content (AvgIpc) is 2.64. The molecule has 0 radical (unpaired) electrons. The quantitative estimate of drug-likeness (QED) is 0.534. The molecule has 0 bridgehead atoms. The van der Waals surface area contributed by atoms with Crippen LogP contribution in [0.25, 0.3) is 0 Å². The number of hydrogen-bond donors (Lipinski definition) is 4. The number of nitrogens with zero attached hydrogens (tertiary/aromatic N) is 3. The van der Waals surface area contributed by atoms with Gasteiger partial charge in [-0.25, -0.2) is 9.97 Å². The molecule has 0 aliphatic carbocycles. The summed E-state index contributed by atoms with van der Waals surface area (Å²) >= 11 is 0. The van der Waals surface area contributed by atoms with Crippen molar-refractivity contribution in [3.05, 3.63) is 71.9 Å². The SMILES string of the molecule is O=C(Nc1cc(CNCc2ncccc2O)ccn1)c1ncccc1O. The largest absolute Gasteiger partial charge is 0.506 e. The fourth-order valence-corrected chi connectivity index (χ4v) is 2.29. The summed E-state index contributed by atoms with van der Waals surface area (Å²) in [5, 5.41) is 25.1. The molecular weight excluding hydrogens is 334 g/mol. The monoisotopic (exact) mass is 351 g/mol. The highest BCUT2D eigenvalue weighted by Crippen LogP contribution is 2.15. The lowest BCUT2D eigenvalue weighted by Gasteiger charge is -2.08. The summed E-state index contributed by atoms with van der Waals surface area (Å²) in [5.74, 6) is -0.255. The van der Waals surface area contributed by atoms with Gasteiger partial charge in [-0.2, -0.15) is 0 Å². The van der Waals surface area contributed by atoms with Crippen molar-refractivity contribution in [2.24, 2.45) is 0 Å². The van der Waals surface area contributed by atoms with Crippen molar-refractivity contribution in [2.45, 2.75) is 13.1 Å². The van der Waals surface area contributed by atoms with Crippen molar-refractivity contribution in [3.8, 4) is 11.5 Å². The van der Waals surface area contributed by atoms with Crippen LogP contribution in [0, 0.1) is 0 Å². The maximum absolute atomic E-state index is 12.2. The molecule has 3 aromatic rings. The second-order valence-electron chi connectivity index (χ2n) is 5.45. The van der Waals surface area contributed by atoms with Crippen molar-refractivity contribution >= 4 is 11.7 Å². The molecule has 8 nitrogen and oxygen atoms in total. The third-order valence-corrected chi connectivity index (χ3v) is 3.56. The average molecular weight is 351 g/mol. The summed E-state index contributed by atoms with van der Waals surface area (Å²) < 4.78 is 0. The van der Waals surface area contributed by atoms with E-state index >= 15 is 0 Å². The number of aromatic hydroxyl groups is 2. The van der Waals surface area contributed by atoms with Crippen LogP contribution in [0.5, 0.6) is 11.5 Å². The maximum Gasteiger partial charge on any atom is 0.279 e. The summed E-state index contributed by atoms with van der Waals surface area (Å²) in [7, 11) is 0. The Morgan fingerprint density at radius 3 is 2.46 bits per heavy atom. The van der Waals surface area contributed by atoms with Gasteiger partial charge >= 0.3 is 0 Å². The molecule has 0 saturated carbocycles. The minimum atomic E-state index is -0.542. The van der Waals surface area contributed by atoms with Gasteiger partial charge in [0, 0.05) is 31.7 Å². The fraction of sp³-hybridized carbons (Fsp3) is 0.111. The predicted molar refractivity (Wildman–Crippen MR) is 94.5 cm³/mol. The van der Waals surface area contributed by atoms with Crippen LogP contribution < -0.4 is 10.6 Å². The van der Waals surface area contributed by atoms with E-state index in [1.165, 1.54) is 18.3 Å². The number of rotatable bonds is 6.